The van der Waals surface area contributed by atoms with Gasteiger partial charge in [-0.3, -0.25) is 0 Å². The highest BCUT2D eigenvalue weighted by atomic mass is 127. The molecule has 1 nitrogen and oxygen atoms in total. The molecule has 0 aromatic heterocycles. The first-order valence-corrected chi connectivity index (χ1v) is 5.23. The van der Waals surface area contributed by atoms with Crippen molar-refractivity contribution in [2.24, 2.45) is 0 Å². The third-order valence-corrected chi connectivity index (χ3v) is 3.45. The zero-order chi connectivity index (χ0) is 9.14. The lowest BCUT2D eigenvalue weighted by Gasteiger charge is -2.10. The summed E-state index contributed by atoms with van der Waals surface area (Å²) in [7, 11) is 1.94. The Labute approximate surface area is 91.6 Å². The normalized spacial score (nSPS) is 13.0. The van der Waals surface area contributed by atoms with Gasteiger partial charge in [-0.25, -0.2) is 0 Å². The number of halogens is 2. The Bertz CT molecular complexity index is 275. The second kappa shape index (κ2) is 4.44. The molecular weight excluding hydrogens is 284 g/mol. The van der Waals surface area contributed by atoms with Crippen molar-refractivity contribution in [3.05, 3.63) is 32.4 Å². The topological polar surface area (TPSA) is 12.0 Å². The van der Waals surface area contributed by atoms with Crippen LogP contribution < -0.4 is 5.32 Å². The summed E-state index contributed by atoms with van der Waals surface area (Å²) < 4.78 is 1.10. The molecule has 0 fully saturated rings. The first kappa shape index (κ1) is 10.3. The van der Waals surface area contributed by atoms with Gasteiger partial charge in [0.05, 0.1) is 5.02 Å². The van der Waals surface area contributed by atoms with Crippen LogP contribution in [0.2, 0.25) is 5.02 Å². The van der Waals surface area contributed by atoms with E-state index in [9.17, 15) is 0 Å². The highest BCUT2D eigenvalue weighted by molar-refractivity contribution is 14.1. The van der Waals surface area contributed by atoms with Crippen molar-refractivity contribution in [3.8, 4) is 0 Å². The molecule has 66 valence electrons. The van der Waals surface area contributed by atoms with Gasteiger partial charge >= 0.3 is 0 Å². The second-order valence-electron chi connectivity index (χ2n) is 2.68. The van der Waals surface area contributed by atoms with Gasteiger partial charge in [0.2, 0.25) is 0 Å². The van der Waals surface area contributed by atoms with E-state index in [1.807, 2.05) is 19.2 Å². The Kier molecular flexibility index (Phi) is 3.80. The third kappa shape index (κ3) is 2.34. The van der Waals surface area contributed by atoms with E-state index in [-0.39, 0.29) is 0 Å². The third-order valence-electron chi connectivity index (χ3n) is 1.88. The first-order valence-electron chi connectivity index (χ1n) is 3.77. The summed E-state index contributed by atoms with van der Waals surface area (Å²) >= 11 is 8.20. The largest absolute Gasteiger partial charge is 0.313 e. The van der Waals surface area contributed by atoms with Gasteiger partial charge in [0.1, 0.15) is 0 Å². The predicted octanol–water partition coefficient (Wildman–Crippen LogP) is 3.23. The molecular formula is C9H11ClIN. The minimum Gasteiger partial charge on any atom is -0.313 e. The second-order valence-corrected chi connectivity index (χ2v) is 4.25. The Morgan fingerprint density at radius 2 is 2.17 bits per heavy atom. The molecule has 0 aliphatic heterocycles. The molecule has 1 aromatic carbocycles. The molecule has 0 unspecified atom stereocenters. The van der Waals surface area contributed by atoms with Crippen LogP contribution in [0.1, 0.15) is 18.5 Å². The molecule has 0 aliphatic carbocycles. The van der Waals surface area contributed by atoms with Crippen molar-refractivity contribution in [2.75, 3.05) is 7.05 Å². The zero-order valence-electron chi connectivity index (χ0n) is 7.07. The lowest BCUT2D eigenvalue weighted by Crippen LogP contribution is -2.12. The maximum absolute atomic E-state index is 5.98. The predicted molar refractivity (Wildman–Crippen MR) is 61.6 cm³/mol. The number of hydrogen-bond donors (Lipinski definition) is 1. The van der Waals surface area contributed by atoms with Crippen LogP contribution >= 0.6 is 34.2 Å². The van der Waals surface area contributed by atoms with E-state index in [0.717, 1.165) is 8.59 Å². The average Bonchev–Trinajstić information content (AvgIpc) is 2.08. The minimum atomic E-state index is 0.361. The molecule has 1 rings (SSSR count). The molecule has 0 heterocycles. The Balaban J connectivity index is 2.96. The molecule has 1 atom stereocenters. The monoisotopic (exact) mass is 295 g/mol. The van der Waals surface area contributed by atoms with Crippen molar-refractivity contribution in [1.29, 1.82) is 0 Å². The van der Waals surface area contributed by atoms with Gasteiger partial charge in [-0.2, -0.15) is 0 Å². The van der Waals surface area contributed by atoms with Crippen molar-refractivity contribution >= 4 is 34.2 Å². The van der Waals surface area contributed by atoms with Crippen LogP contribution in [0.3, 0.4) is 0 Å². The fourth-order valence-corrected chi connectivity index (χ4v) is 1.47. The molecule has 1 aromatic rings. The SMILES string of the molecule is CN[C@@H](C)c1ccc(I)c(Cl)c1. The van der Waals surface area contributed by atoms with Crippen LogP contribution in [0.4, 0.5) is 0 Å². The lowest BCUT2D eigenvalue weighted by atomic mass is 10.1. The molecule has 0 spiro atoms. The van der Waals surface area contributed by atoms with E-state index in [0.29, 0.717) is 6.04 Å². The molecule has 0 amide bonds. The highest BCUT2D eigenvalue weighted by Crippen LogP contribution is 2.22. The quantitative estimate of drug-likeness (QED) is 0.826. The van der Waals surface area contributed by atoms with E-state index in [1.54, 1.807) is 0 Å². The molecule has 0 saturated carbocycles. The van der Waals surface area contributed by atoms with Crippen molar-refractivity contribution in [1.82, 2.24) is 5.32 Å². The van der Waals surface area contributed by atoms with E-state index in [4.69, 9.17) is 11.6 Å². The summed E-state index contributed by atoms with van der Waals surface area (Å²) in [6, 6.07) is 6.49. The summed E-state index contributed by atoms with van der Waals surface area (Å²) in [4.78, 5) is 0. The molecule has 0 saturated heterocycles. The number of rotatable bonds is 2. The molecule has 12 heavy (non-hydrogen) atoms. The van der Waals surface area contributed by atoms with E-state index in [2.05, 4.69) is 40.9 Å². The van der Waals surface area contributed by atoms with E-state index >= 15 is 0 Å². The Hall–Kier alpha value is 0.200. The van der Waals surface area contributed by atoms with Crippen LogP contribution in [0.25, 0.3) is 0 Å². The van der Waals surface area contributed by atoms with Gasteiger partial charge in [-0.05, 0) is 54.3 Å². The van der Waals surface area contributed by atoms with Gasteiger partial charge in [-0.15, -0.1) is 0 Å². The summed E-state index contributed by atoms with van der Waals surface area (Å²) in [6.07, 6.45) is 0. The fraction of sp³-hybridized carbons (Fsp3) is 0.333. The van der Waals surface area contributed by atoms with Crippen molar-refractivity contribution < 1.29 is 0 Å². The summed E-state index contributed by atoms with van der Waals surface area (Å²) in [5, 5.41) is 4.00. The van der Waals surface area contributed by atoms with E-state index < -0.39 is 0 Å². The average molecular weight is 296 g/mol. The van der Waals surface area contributed by atoms with Gasteiger partial charge < -0.3 is 5.32 Å². The molecule has 1 N–H and O–H groups in total. The molecule has 0 aliphatic rings. The van der Waals surface area contributed by atoms with Crippen LogP contribution in [0, 0.1) is 3.57 Å². The molecule has 3 heteroatoms. The van der Waals surface area contributed by atoms with Gasteiger partial charge in [0.15, 0.2) is 0 Å². The molecule has 0 bridgehead atoms. The van der Waals surface area contributed by atoms with Crippen molar-refractivity contribution in [3.63, 3.8) is 0 Å². The first-order chi connectivity index (χ1) is 5.65. The zero-order valence-corrected chi connectivity index (χ0v) is 9.98. The Morgan fingerprint density at radius 1 is 1.50 bits per heavy atom. The summed E-state index contributed by atoms with van der Waals surface area (Å²) in [5.74, 6) is 0. The van der Waals surface area contributed by atoms with Crippen molar-refractivity contribution in [2.45, 2.75) is 13.0 Å². The highest BCUT2D eigenvalue weighted by Gasteiger charge is 2.04. The molecule has 0 radical (unpaired) electrons. The Morgan fingerprint density at radius 3 is 2.67 bits per heavy atom. The number of benzene rings is 1. The minimum absolute atomic E-state index is 0.361. The number of hydrogen-bond acceptors (Lipinski definition) is 1. The fourth-order valence-electron chi connectivity index (χ4n) is 0.948. The maximum atomic E-state index is 5.98. The van der Waals surface area contributed by atoms with E-state index in [1.165, 1.54) is 5.56 Å². The standard InChI is InChI=1S/C9H11ClIN/c1-6(12-2)7-3-4-9(11)8(10)5-7/h3-6,12H,1-2H3/t6-/m0/s1. The van der Waals surface area contributed by atoms with Crippen LogP contribution in [0.5, 0.6) is 0 Å². The van der Waals surface area contributed by atoms with Crippen LogP contribution in [-0.4, -0.2) is 7.05 Å². The van der Waals surface area contributed by atoms with Gasteiger partial charge in [0, 0.05) is 9.61 Å². The van der Waals surface area contributed by atoms with Crippen LogP contribution in [-0.2, 0) is 0 Å². The van der Waals surface area contributed by atoms with Gasteiger partial charge in [0.25, 0.3) is 0 Å². The maximum Gasteiger partial charge on any atom is 0.0542 e. The summed E-state index contributed by atoms with van der Waals surface area (Å²) in [5.41, 5.74) is 1.22. The van der Waals surface area contributed by atoms with Crippen LogP contribution in [0.15, 0.2) is 18.2 Å². The number of nitrogens with one attached hydrogen (secondary N) is 1. The smallest absolute Gasteiger partial charge is 0.0542 e. The lowest BCUT2D eigenvalue weighted by molar-refractivity contribution is 0.652. The van der Waals surface area contributed by atoms with Gasteiger partial charge in [-0.1, -0.05) is 17.7 Å². The summed E-state index contributed by atoms with van der Waals surface area (Å²) in [6.45, 7) is 2.11.